The minimum atomic E-state index is -0.287. The molecule has 0 spiro atoms. The van der Waals surface area contributed by atoms with Crippen LogP contribution in [0.25, 0.3) is 16.9 Å². The predicted molar refractivity (Wildman–Crippen MR) is 118 cm³/mol. The summed E-state index contributed by atoms with van der Waals surface area (Å²) in [7, 11) is 1.63. The van der Waals surface area contributed by atoms with Gasteiger partial charge in [0.1, 0.15) is 17.3 Å². The average Bonchev–Trinajstić information content (AvgIpc) is 3.18. The van der Waals surface area contributed by atoms with Gasteiger partial charge in [0.2, 0.25) is 0 Å². The average molecular weight is 399 g/mol. The van der Waals surface area contributed by atoms with Crippen molar-refractivity contribution in [2.45, 2.75) is 6.92 Å². The summed E-state index contributed by atoms with van der Waals surface area (Å²) >= 11 is 0. The highest BCUT2D eigenvalue weighted by molar-refractivity contribution is 5.88. The van der Waals surface area contributed by atoms with Gasteiger partial charge in [0, 0.05) is 23.4 Å². The summed E-state index contributed by atoms with van der Waals surface area (Å²) < 4.78 is 8.20. The van der Waals surface area contributed by atoms with Crippen LogP contribution in [-0.2, 0) is 0 Å². The Morgan fingerprint density at radius 1 is 1.07 bits per heavy atom. The molecule has 2 aromatic heterocycles. The Hall–Kier alpha value is -4.13. The first kappa shape index (κ1) is 19.2. The number of hydrogen-bond acceptors (Lipinski definition) is 5. The van der Waals surface area contributed by atoms with Gasteiger partial charge in [-0.2, -0.15) is 14.9 Å². The van der Waals surface area contributed by atoms with Crippen molar-refractivity contribution in [3.8, 4) is 22.7 Å². The Kier molecular flexibility index (Phi) is 5.17. The van der Waals surface area contributed by atoms with Crippen LogP contribution in [0.3, 0.4) is 0 Å². The van der Waals surface area contributed by atoms with Crippen LogP contribution in [0.2, 0.25) is 0 Å². The Morgan fingerprint density at radius 3 is 2.47 bits per heavy atom. The summed E-state index contributed by atoms with van der Waals surface area (Å²) in [6.07, 6.45) is 3.47. The fourth-order valence-electron chi connectivity index (χ4n) is 3.13. The van der Waals surface area contributed by atoms with Crippen LogP contribution in [0.5, 0.6) is 5.75 Å². The van der Waals surface area contributed by atoms with Crippen molar-refractivity contribution in [1.29, 1.82) is 0 Å². The van der Waals surface area contributed by atoms with E-state index in [0.717, 1.165) is 33.8 Å². The largest absolute Gasteiger partial charge is 0.497 e. The molecule has 4 rings (SSSR count). The van der Waals surface area contributed by atoms with Gasteiger partial charge in [-0.15, -0.1) is 0 Å². The van der Waals surface area contributed by atoms with Gasteiger partial charge in [-0.3, -0.25) is 4.79 Å². The van der Waals surface area contributed by atoms with Gasteiger partial charge in [-0.25, -0.2) is 4.68 Å². The van der Waals surface area contributed by atoms with Gasteiger partial charge in [0.05, 0.1) is 19.0 Å². The first-order valence-corrected chi connectivity index (χ1v) is 9.38. The van der Waals surface area contributed by atoms with Crippen molar-refractivity contribution in [1.82, 2.24) is 14.5 Å². The van der Waals surface area contributed by atoms with Crippen LogP contribution < -0.4 is 16.0 Å². The quantitative estimate of drug-likeness (QED) is 0.521. The highest BCUT2D eigenvalue weighted by Gasteiger charge is 2.12. The van der Waals surface area contributed by atoms with Crippen molar-refractivity contribution >= 4 is 12.0 Å². The lowest BCUT2D eigenvalue weighted by Gasteiger charge is -2.04. The molecule has 0 amide bonds. The Balaban J connectivity index is 1.81. The second-order valence-electron chi connectivity index (χ2n) is 6.79. The number of benzene rings is 2. The minimum Gasteiger partial charge on any atom is -0.497 e. The number of anilines is 1. The van der Waals surface area contributed by atoms with Crippen LogP contribution in [0.4, 0.5) is 5.82 Å². The summed E-state index contributed by atoms with van der Waals surface area (Å²) in [5, 5.41) is 9.06. The van der Waals surface area contributed by atoms with E-state index in [1.54, 1.807) is 24.1 Å². The van der Waals surface area contributed by atoms with E-state index in [1.165, 1.54) is 10.7 Å². The molecule has 0 bridgehead atoms. The lowest BCUT2D eigenvalue weighted by atomic mass is 10.1. The number of rotatable bonds is 5. The summed E-state index contributed by atoms with van der Waals surface area (Å²) in [4.78, 5) is 12.3. The lowest BCUT2D eigenvalue weighted by Crippen LogP contribution is -2.19. The number of nitrogens with zero attached hydrogens (tertiary/aromatic N) is 4. The Bertz CT molecular complexity index is 1260. The first-order valence-electron chi connectivity index (χ1n) is 9.38. The molecule has 0 unspecified atom stereocenters. The number of ether oxygens (including phenoxy) is 1. The molecule has 30 heavy (non-hydrogen) atoms. The number of hydrogen-bond donors (Lipinski definition) is 1. The molecule has 4 aromatic rings. The van der Waals surface area contributed by atoms with E-state index in [1.807, 2.05) is 67.7 Å². The standard InChI is InChI=1S/C23H21N5O2/c1-16-12-21(24)28(22(29)13-16)25-14-18-15-27(19-6-4-3-5-7-19)26-23(18)17-8-10-20(30-2)11-9-17/h3-15H,24H2,1-2H3/b25-14-. The molecule has 0 saturated carbocycles. The second-order valence-corrected chi connectivity index (χ2v) is 6.79. The molecule has 0 atom stereocenters. The molecule has 0 aliphatic carbocycles. The fourth-order valence-corrected chi connectivity index (χ4v) is 3.13. The molecular weight excluding hydrogens is 378 g/mol. The third-order valence-electron chi connectivity index (χ3n) is 4.62. The molecular formula is C23H21N5O2. The SMILES string of the molecule is COc1ccc(-c2nn(-c3ccccc3)cc2/C=N\n2c(N)cc(C)cc2=O)cc1. The van der Waals surface area contributed by atoms with Gasteiger partial charge in [0.15, 0.2) is 0 Å². The van der Waals surface area contributed by atoms with E-state index >= 15 is 0 Å². The van der Waals surface area contributed by atoms with Gasteiger partial charge in [-0.05, 0) is 55.0 Å². The maximum atomic E-state index is 12.3. The molecule has 7 nitrogen and oxygen atoms in total. The zero-order valence-corrected chi connectivity index (χ0v) is 16.7. The maximum Gasteiger partial charge on any atom is 0.273 e. The topological polar surface area (TPSA) is 87.4 Å². The van der Waals surface area contributed by atoms with Crippen molar-refractivity contribution in [2.24, 2.45) is 5.10 Å². The molecule has 7 heteroatoms. The number of pyridine rings is 1. The molecule has 0 aliphatic rings. The zero-order valence-electron chi connectivity index (χ0n) is 16.7. The zero-order chi connectivity index (χ0) is 21.1. The van der Waals surface area contributed by atoms with E-state index in [0.29, 0.717) is 0 Å². The van der Waals surface area contributed by atoms with Crippen molar-refractivity contribution in [3.05, 3.63) is 94.4 Å². The van der Waals surface area contributed by atoms with Gasteiger partial charge in [-0.1, -0.05) is 18.2 Å². The lowest BCUT2D eigenvalue weighted by molar-refractivity contribution is 0.415. The van der Waals surface area contributed by atoms with Crippen LogP contribution in [-0.4, -0.2) is 27.8 Å². The Morgan fingerprint density at radius 2 is 1.80 bits per heavy atom. The third-order valence-corrected chi connectivity index (χ3v) is 4.62. The first-order chi connectivity index (χ1) is 14.5. The summed E-state index contributed by atoms with van der Waals surface area (Å²) in [6, 6.07) is 20.6. The molecule has 150 valence electrons. The smallest absolute Gasteiger partial charge is 0.273 e. The second kappa shape index (κ2) is 8.08. The van der Waals surface area contributed by atoms with Crippen LogP contribution >= 0.6 is 0 Å². The summed E-state index contributed by atoms with van der Waals surface area (Å²) in [5.74, 6) is 1.04. The molecule has 0 fully saturated rings. The van der Waals surface area contributed by atoms with E-state index in [4.69, 9.17) is 15.6 Å². The minimum absolute atomic E-state index is 0.276. The van der Waals surface area contributed by atoms with E-state index in [9.17, 15) is 4.79 Å². The normalized spacial score (nSPS) is 11.1. The predicted octanol–water partition coefficient (Wildman–Crippen LogP) is 3.48. The number of nitrogen functional groups attached to an aromatic ring is 1. The number of aryl methyl sites for hydroxylation is 1. The molecule has 2 aromatic carbocycles. The number of methoxy groups -OCH3 is 1. The van der Waals surface area contributed by atoms with Crippen molar-refractivity contribution in [2.75, 3.05) is 12.8 Å². The molecule has 0 aliphatic heterocycles. The molecule has 2 heterocycles. The van der Waals surface area contributed by atoms with Gasteiger partial charge in [0.25, 0.3) is 5.56 Å². The van der Waals surface area contributed by atoms with E-state index < -0.39 is 0 Å². The highest BCUT2D eigenvalue weighted by Crippen LogP contribution is 2.25. The van der Waals surface area contributed by atoms with Crippen LogP contribution in [0.15, 0.2) is 82.8 Å². The summed E-state index contributed by atoms with van der Waals surface area (Å²) in [6.45, 7) is 1.82. The fraction of sp³-hybridized carbons (Fsp3) is 0.0870. The summed E-state index contributed by atoms with van der Waals surface area (Å²) in [5.41, 5.74) is 9.77. The number of aromatic nitrogens is 3. The molecule has 2 N–H and O–H groups in total. The number of nitrogens with two attached hydrogens (primary N) is 1. The maximum absolute atomic E-state index is 12.3. The monoisotopic (exact) mass is 399 g/mol. The van der Waals surface area contributed by atoms with Gasteiger partial charge < -0.3 is 10.5 Å². The van der Waals surface area contributed by atoms with E-state index in [-0.39, 0.29) is 11.4 Å². The number of para-hydroxylation sites is 1. The Labute approximate surface area is 173 Å². The van der Waals surface area contributed by atoms with Crippen LogP contribution in [0, 0.1) is 6.92 Å². The third kappa shape index (κ3) is 3.86. The van der Waals surface area contributed by atoms with Crippen LogP contribution in [0.1, 0.15) is 11.1 Å². The molecule has 0 saturated heterocycles. The van der Waals surface area contributed by atoms with E-state index in [2.05, 4.69) is 5.10 Å². The van der Waals surface area contributed by atoms with Crippen molar-refractivity contribution in [3.63, 3.8) is 0 Å². The highest BCUT2D eigenvalue weighted by atomic mass is 16.5. The molecule has 0 radical (unpaired) electrons. The van der Waals surface area contributed by atoms with Crippen molar-refractivity contribution < 1.29 is 4.74 Å². The van der Waals surface area contributed by atoms with Gasteiger partial charge >= 0.3 is 0 Å².